The normalized spacial score (nSPS) is 17.8. The minimum atomic E-state index is -0.662. The van der Waals surface area contributed by atoms with Gasteiger partial charge in [0.05, 0.1) is 5.54 Å². The molecule has 0 bridgehead atoms. The van der Waals surface area contributed by atoms with E-state index < -0.39 is 5.54 Å². The Morgan fingerprint density at radius 3 is 2.20 bits per heavy atom. The minimum Gasteiger partial charge on any atom is -0.368 e. The number of para-hydroxylation sites is 1. The summed E-state index contributed by atoms with van der Waals surface area (Å²) in [6.45, 7) is 3.50. The van der Waals surface area contributed by atoms with Crippen LogP contribution in [-0.4, -0.2) is 55.0 Å². The lowest BCUT2D eigenvalue weighted by Gasteiger charge is -2.36. The first-order valence-electron chi connectivity index (χ1n) is 8.23. The fourth-order valence-electron chi connectivity index (χ4n) is 2.83. The van der Waals surface area contributed by atoms with Gasteiger partial charge in [-0.2, -0.15) is 0 Å². The Hall–Kier alpha value is -1.50. The van der Waals surface area contributed by atoms with E-state index in [0.29, 0.717) is 13.0 Å². The number of nitrogens with zero attached hydrogens (tertiary/aromatic N) is 2. The van der Waals surface area contributed by atoms with Gasteiger partial charge in [-0.3, -0.25) is 9.59 Å². The van der Waals surface area contributed by atoms with Crippen LogP contribution in [-0.2, 0) is 9.59 Å². The molecule has 1 saturated carbocycles. The third-order valence-corrected chi connectivity index (χ3v) is 4.62. The molecule has 0 spiro atoms. The van der Waals surface area contributed by atoms with Crippen LogP contribution in [0, 0.1) is 0 Å². The first kappa shape index (κ1) is 21.5. The molecule has 8 heteroatoms. The Morgan fingerprint density at radius 2 is 1.64 bits per heavy atom. The van der Waals surface area contributed by atoms with E-state index in [4.69, 9.17) is 5.73 Å². The minimum absolute atomic E-state index is 0. The smallest absolute Gasteiger partial charge is 0.240 e. The Bertz CT molecular complexity index is 573. The maximum absolute atomic E-state index is 12.2. The molecule has 0 aromatic heterocycles. The summed E-state index contributed by atoms with van der Waals surface area (Å²) >= 11 is 0. The van der Waals surface area contributed by atoms with E-state index in [0.717, 1.165) is 39.0 Å². The third-order valence-electron chi connectivity index (χ3n) is 4.62. The zero-order valence-corrected chi connectivity index (χ0v) is 15.8. The van der Waals surface area contributed by atoms with E-state index in [-0.39, 0.29) is 36.6 Å². The molecule has 1 saturated heterocycles. The average Bonchev–Trinajstić information content (AvgIpc) is 3.34. The third kappa shape index (κ3) is 5.49. The number of anilines is 1. The van der Waals surface area contributed by atoms with Crippen LogP contribution in [0.15, 0.2) is 30.3 Å². The van der Waals surface area contributed by atoms with E-state index >= 15 is 0 Å². The SMILES string of the molecule is Cl.Cl.NC1(C(=O)NCCC(=O)N2CCN(c3ccccc3)CC2)CC1. The number of nitrogens with one attached hydrogen (secondary N) is 1. The van der Waals surface area contributed by atoms with Gasteiger partial charge in [-0.1, -0.05) is 18.2 Å². The van der Waals surface area contributed by atoms with Gasteiger partial charge in [0.2, 0.25) is 11.8 Å². The number of hydrogen-bond donors (Lipinski definition) is 2. The highest BCUT2D eigenvalue weighted by molar-refractivity contribution is 5.89. The molecule has 2 aliphatic rings. The van der Waals surface area contributed by atoms with Crippen molar-refractivity contribution >= 4 is 42.3 Å². The summed E-state index contributed by atoms with van der Waals surface area (Å²) in [6, 6.07) is 10.2. The second-order valence-corrected chi connectivity index (χ2v) is 6.37. The molecule has 0 radical (unpaired) electrons. The highest BCUT2D eigenvalue weighted by atomic mass is 35.5. The number of nitrogens with two attached hydrogens (primary N) is 1. The van der Waals surface area contributed by atoms with Gasteiger partial charge in [0.25, 0.3) is 0 Å². The summed E-state index contributed by atoms with van der Waals surface area (Å²) in [6.07, 6.45) is 1.83. The van der Waals surface area contributed by atoms with Gasteiger partial charge >= 0.3 is 0 Å². The van der Waals surface area contributed by atoms with Gasteiger partial charge < -0.3 is 20.9 Å². The van der Waals surface area contributed by atoms with Crippen LogP contribution in [0.25, 0.3) is 0 Å². The Balaban J connectivity index is 0.00000156. The van der Waals surface area contributed by atoms with Crippen LogP contribution >= 0.6 is 24.8 Å². The number of carbonyl (C=O) groups is 2. The van der Waals surface area contributed by atoms with Crippen LogP contribution < -0.4 is 16.0 Å². The second kappa shape index (κ2) is 9.27. The molecule has 1 aliphatic carbocycles. The molecule has 6 nitrogen and oxygen atoms in total. The predicted molar refractivity (Wildman–Crippen MR) is 104 cm³/mol. The Morgan fingerprint density at radius 1 is 1.04 bits per heavy atom. The highest BCUT2D eigenvalue weighted by Gasteiger charge is 2.45. The number of carbonyl (C=O) groups excluding carboxylic acids is 2. The summed E-state index contributed by atoms with van der Waals surface area (Å²) in [4.78, 5) is 28.1. The van der Waals surface area contributed by atoms with Gasteiger partial charge in [0.15, 0.2) is 0 Å². The van der Waals surface area contributed by atoms with Crippen LogP contribution in [0.3, 0.4) is 0 Å². The maximum atomic E-state index is 12.2. The maximum Gasteiger partial charge on any atom is 0.240 e. The molecule has 3 rings (SSSR count). The largest absolute Gasteiger partial charge is 0.368 e. The molecule has 1 aromatic carbocycles. The average molecular weight is 389 g/mol. The van der Waals surface area contributed by atoms with Crippen molar-refractivity contribution in [1.29, 1.82) is 0 Å². The van der Waals surface area contributed by atoms with E-state index in [1.54, 1.807) is 0 Å². The number of piperazine rings is 1. The van der Waals surface area contributed by atoms with Crippen LogP contribution in [0.1, 0.15) is 19.3 Å². The quantitative estimate of drug-likeness (QED) is 0.793. The van der Waals surface area contributed by atoms with Crippen molar-refractivity contribution in [2.24, 2.45) is 5.73 Å². The van der Waals surface area contributed by atoms with Crippen molar-refractivity contribution in [2.75, 3.05) is 37.6 Å². The molecule has 2 fully saturated rings. The van der Waals surface area contributed by atoms with Crippen molar-refractivity contribution in [1.82, 2.24) is 10.2 Å². The van der Waals surface area contributed by atoms with Crippen LogP contribution in [0.4, 0.5) is 5.69 Å². The number of benzene rings is 1. The van der Waals surface area contributed by atoms with E-state index in [1.165, 1.54) is 5.69 Å². The van der Waals surface area contributed by atoms with Crippen molar-refractivity contribution < 1.29 is 9.59 Å². The molecule has 3 N–H and O–H groups in total. The molecule has 25 heavy (non-hydrogen) atoms. The van der Waals surface area contributed by atoms with Crippen LogP contribution in [0.2, 0.25) is 0 Å². The predicted octanol–water partition coefficient (Wildman–Crippen LogP) is 1.18. The fraction of sp³-hybridized carbons (Fsp3) is 0.529. The van der Waals surface area contributed by atoms with E-state index in [9.17, 15) is 9.59 Å². The number of halogens is 2. The zero-order valence-electron chi connectivity index (χ0n) is 14.1. The monoisotopic (exact) mass is 388 g/mol. The molecule has 0 atom stereocenters. The van der Waals surface area contributed by atoms with Crippen LogP contribution in [0.5, 0.6) is 0 Å². The Labute approximate surface area is 160 Å². The summed E-state index contributed by atoms with van der Waals surface area (Å²) in [7, 11) is 0. The lowest BCUT2D eigenvalue weighted by atomic mass is 10.2. The number of rotatable bonds is 5. The molecule has 1 heterocycles. The molecule has 0 unspecified atom stereocenters. The summed E-state index contributed by atoms with van der Waals surface area (Å²) < 4.78 is 0. The van der Waals surface area contributed by atoms with Gasteiger partial charge in [-0.05, 0) is 25.0 Å². The molecule has 1 aliphatic heterocycles. The first-order valence-corrected chi connectivity index (χ1v) is 8.23. The second-order valence-electron chi connectivity index (χ2n) is 6.37. The van der Waals surface area contributed by atoms with Gasteiger partial charge in [0.1, 0.15) is 0 Å². The van der Waals surface area contributed by atoms with Gasteiger partial charge in [-0.25, -0.2) is 0 Å². The molecule has 2 amide bonds. The van der Waals surface area contributed by atoms with Gasteiger partial charge in [-0.15, -0.1) is 24.8 Å². The lowest BCUT2D eigenvalue weighted by molar-refractivity contribution is -0.131. The Kier molecular flexibility index (Phi) is 7.99. The lowest BCUT2D eigenvalue weighted by Crippen LogP contribution is -2.49. The summed E-state index contributed by atoms with van der Waals surface area (Å²) in [5, 5.41) is 2.77. The van der Waals surface area contributed by atoms with Gasteiger partial charge in [0, 0.05) is 44.8 Å². The molecule has 1 aromatic rings. The molecule has 140 valence electrons. The fourth-order valence-corrected chi connectivity index (χ4v) is 2.83. The van der Waals surface area contributed by atoms with Crippen molar-refractivity contribution in [3.63, 3.8) is 0 Å². The van der Waals surface area contributed by atoms with E-state index in [1.807, 2.05) is 23.1 Å². The number of amides is 2. The molecular formula is C17H26Cl2N4O2. The first-order chi connectivity index (χ1) is 11.1. The standard InChI is InChI=1S/C17H24N4O2.2ClH/c18-17(7-8-17)16(23)19-9-6-15(22)21-12-10-20(11-13-21)14-4-2-1-3-5-14;;/h1-5H,6-13,18H2,(H,19,23);2*1H. The van der Waals surface area contributed by atoms with Crippen molar-refractivity contribution in [2.45, 2.75) is 24.8 Å². The number of hydrogen-bond acceptors (Lipinski definition) is 4. The topological polar surface area (TPSA) is 78.7 Å². The van der Waals surface area contributed by atoms with Crippen molar-refractivity contribution in [3.8, 4) is 0 Å². The summed E-state index contributed by atoms with van der Waals surface area (Å²) in [5.41, 5.74) is 6.34. The van der Waals surface area contributed by atoms with Crippen molar-refractivity contribution in [3.05, 3.63) is 30.3 Å². The van der Waals surface area contributed by atoms with E-state index in [2.05, 4.69) is 22.3 Å². The zero-order chi connectivity index (χ0) is 16.3. The molecular weight excluding hydrogens is 363 g/mol. The summed E-state index contributed by atoms with van der Waals surface area (Å²) in [5.74, 6) is -0.0286. The highest BCUT2D eigenvalue weighted by Crippen LogP contribution is 2.31.